The van der Waals surface area contributed by atoms with E-state index in [0.717, 1.165) is 47.4 Å². The molecule has 1 saturated heterocycles. The Labute approximate surface area is 151 Å². The molecule has 5 heteroatoms. The van der Waals surface area contributed by atoms with E-state index in [-0.39, 0.29) is 0 Å². The van der Waals surface area contributed by atoms with Crippen molar-refractivity contribution in [3.63, 3.8) is 0 Å². The van der Waals surface area contributed by atoms with Gasteiger partial charge in [0.15, 0.2) is 5.13 Å². The van der Waals surface area contributed by atoms with Crippen molar-refractivity contribution in [2.75, 3.05) is 36.0 Å². The van der Waals surface area contributed by atoms with Crippen LogP contribution in [0.1, 0.15) is 11.1 Å². The Hall–Kier alpha value is -1.78. The van der Waals surface area contributed by atoms with Crippen LogP contribution in [0.3, 0.4) is 0 Å². The number of anilines is 2. The van der Waals surface area contributed by atoms with Crippen LogP contribution >= 0.6 is 22.9 Å². The summed E-state index contributed by atoms with van der Waals surface area (Å²) in [6.07, 6.45) is 0. The molecule has 4 rings (SSSR count). The average Bonchev–Trinajstić information content (AvgIpc) is 3.03. The van der Waals surface area contributed by atoms with Gasteiger partial charge in [-0.05, 0) is 49.2 Å². The van der Waals surface area contributed by atoms with E-state index in [1.165, 1.54) is 16.0 Å². The van der Waals surface area contributed by atoms with Gasteiger partial charge in [-0.25, -0.2) is 4.98 Å². The standard InChI is InChI=1S/C19H20ClN3S/c1-13-4-3-5-15(12-13)22-8-10-23(11-9-22)19-21-18-14(2)16(20)6-7-17(18)24-19/h3-7,12H,8-11H2,1-2H3. The zero-order chi connectivity index (χ0) is 16.7. The number of benzene rings is 2. The fraction of sp³-hybridized carbons (Fsp3) is 0.316. The smallest absolute Gasteiger partial charge is 0.186 e. The van der Waals surface area contributed by atoms with Crippen LogP contribution < -0.4 is 9.80 Å². The number of fused-ring (bicyclic) bond motifs is 1. The molecule has 2 heterocycles. The molecule has 0 saturated carbocycles. The number of aromatic nitrogens is 1. The van der Waals surface area contributed by atoms with Crippen LogP contribution in [-0.2, 0) is 0 Å². The summed E-state index contributed by atoms with van der Waals surface area (Å²) in [4.78, 5) is 9.70. The molecule has 24 heavy (non-hydrogen) atoms. The van der Waals surface area contributed by atoms with Gasteiger partial charge in [0.1, 0.15) is 0 Å². The second-order valence-corrected chi connectivity index (χ2v) is 7.74. The second-order valence-electron chi connectivity index (χ2n) is 6.33. The SMILES string of the molecule is Cc1cccc(N2CCN(c3nc4c(C)c(Cl)ccc4s3)CC2)c1. The predicted octanol–water partition coefficient (Wildman–Crippen LogP) is 4.89. The van der Waals surface area contributed by atoms with Gasteiger partial charge in [0.2, 0.25) is 0 Å². The number of nitrogens with zero attached hydrogens (tertiary/aromatic N) is 3. The van der Waals surface area contributed by atoms with Gasteiger partial charge in [-0.2, -0.15) is 0 Å². The Morgan fingerprint density at radius 1 is 1.00 bits per heavy atom. The molecule has 1 aliphatic heterocycles. The van der Waals surface area contributed by atoms with Crippen LogP contribution in [0, 0.1) is 13.8 Å². The summed E-state index contributed by atoms with van der Waals surface area (Å²) < 4.78 is 1.22. The molecule has 0 atom stereocenters. The topological polar surface area (TPSA) is 19.4 Å². The quantitative estimate of drug-likeness (QED) is 0.650. The van der Waals surface area contributed by atoms with Gasteiger partial charge in [0.05, 0.1) is 10.2 Å². The van der Waals surface area contributed by atoms with Crippen molar-refractivity contribution in [1.82, 2.24) is 4.98 Å². The molecule has 0 radical (unpaired) electrons. The minimum absolute atomic E-state index is 0.795. The molecule has 1 aliphatic rings. The van der Waals surface area contributed by atoms with E-state index >= 15 is 0 Å². The van der Waals surface area contributed by atoms with Gasteiger partial charge < -0.3 is 9.80 Å². The van der Waals surface area contributed by atoms with E-state index in [2.05, 4.69) is 47.1 Å². The number of thiazole rings is 1. The van der Waals surface area contributed by atoms with Crippen molar-refractivity contribution in [2.24, 2.45) is 0 Å². The van der Waals surface area contributed by atoms with Crippen molar-refractivity contribution in [2.45, 2.75) is 13.8 Å². The van der Waals surface area contributed by atoms with E-state index in [1.807, 2.05) is 13.0 Å². The highest BCUT2D eigenvalue weighted by molar-refractivity contribution is 7.22. The monoisotopic (exact) mass is 357 g/mol. The molecule has 3 nitrogen and oxygen atoms in total. The maximum Gasteiger partial charge on any atom is 0.186 e. The van der Waals surface area contributed by atoms with Crippen LogP contribution in [-0.4, -0.2) is 31.2 Å². The zero-order valence-electron chi connectivity index (χ0n) is 13.9. The maximum atomic E-state index is 6.23. The lowest BCUT2D eigenvalue weighted by molar-refractivity contribution is 0.652. The zero-order valence-corrected chi connectivity index (χ0v) is 15.5. The van der Waals surface area contributed by atoms with Crippen molar-refractivity contribution in [3.05, 3.63) is 52.5 Å². The van der Waals surface area contributed by atoms with Crippen LogP contribution in [0.15, 0.2) is 36.4 Å². The molecule has 0 amide bonds. The number of aryl methyl sites for hydroxylation is 2. The van der Waals surface area contributed by atoms with E-state index < -0.39 is 0 Å². The van der Waals surface area contributed by atoms with Gasteiger partial charge in [-0.3, -0.25) is 0 Å². The Morgan fingerprint density at radius 2 is 1.75 bits per heavy atom. The molecule has 0 bridgehead atoms. The van der Waals surface area contributed by atoms with Crippen molar-refractivity contribution in [1.29, 1.82) is 0 Å². The summed E-state index contributed by atoms with van der Waals surface area (Å²) >= 11 is 7.99. The molecule has 124 valence electrons. The summed E-state index contributed by atoms with van der Waals surface area (Å²) in [5.41, 5.74) is 4.76. The van der Waals surface area contributed by atoms with Gasteiger partial charge in [0, 0.05) is 36.9 Å². The highest BCUT2D eigenvalue weighted by atomic mass is 35.5. The minimum atomic E-state index is 0.795. The third-order valence-electron chi connectivity index (χ3n) is 4.65. The lowest BCUT2D eigenvalue weighted by atomic mass is 10.2. The molecule has 0 N–H and O–H groups in total. The number of hydrogen-bond donors (Lipinski definition) is 0. The highest BCUT2D eigenvalue weighted by Crippen LogP contribution is 2.34. The Balaban J connectivity index is 1.53. The number of piperazine rings is 1. The third kappa shape index (κ3) is 2.85. The van der Waals surface area contributed by atoms with Gasteiger partial charge in [0.25, 0.3) is 0 Å². The largest absolute Gasteiger partial charge is 0.368 e. The fourth-order valence-corrected chi connectivity index (χ4v) is 4.43. The van der Waals surface area contributed by atoms with E-state index in [9.17, 15) is 0 Å². The van der Waals surface area contributed by atoms with Crippen LogP contribution in [0.5, 0.6) is 0 Å². The molecule has 3 aromatic rings. The van der Waals surface area contributed by atoms with Crippen LogP contribution in [0.4, 0.5) is 10.8 Å². The molecule has 2 aromatic carbocycles. The van der Waals surface area contributed by atoms with Gasteiger partial charge in [-0.15, -0.1) is 0 Å². The lowest BCUT2D eigenvalue weighted by Gasteiger charge is -2.36. The number of hydrogen-bond acceptors (Lipinski definition) is 4. The summed E-state index contributed by atoms with van der Waals surface area (Å²) in [7, 11) is 0. The minimum Gasteiger partial charge on any atom is -0.368 e. The van der Waals surface area contributed by atoms with E-state index in [1.54, 1.807) is 11.3 Å². The highest BCUT2D eigenvalue weighted by Gasteiger charge is 2.20. The fourth-order valence-electron chi connectivity index (χ4n) is 3.20. The van der Waals surface area contributed by atoms with Gasteiger partial charge in [-0.1, -0.05) is 35.1 Å². The molecule has 1 fully saturated rings. The van der Waals surface area contributed by atoms with Crippen LogP contribution in [0.25, 0.3) is 10.2 Å². The number of halogens is 1. The third-order valence-corrected chi connectivity index (χ3v) is 6.14. The first-order valence-electron chi connectivity index (χ1n) is 8.24. The summed E-state index contributed by atoms with van der Waals surface area (Å²) in [5, 5.41) is 1.91. The predicted molar refractivity (Wildman–Crippen MR) is 105 cm³/mol. The summed E-state index contributed by atoms with van der Waals surface area (Å²) in [6.45, 7) is 8.25. The average molecular weight is 358 g/mol. The van der Waals surface area contributed by atoms with E-state index in [4.69, 9.17) is 16.6 Å². The van der Waals surface area contributed by atoms with Crippen molar-refractivity contribution in [3.8, 4) is 0 Å². The van der Waals surface area contributed by atoms with Gasteiger partial charge >= 0.3 is 0 Å². The molecular weight excluding hydrogens is 338 g/mol. The normalized spacial score (nSPS) is 15.3. The first-order valence-corrected chi connectivity index (χ1v) is 9.43. The molecule has 0 spiro atoms. The Morgan fingerprint density at radius 3 is 2.50 bits per heavy atom. The molecule has 0 aliphatic carbocycles. The first-order chi connectivity index (χ1) is 11.6. The lowest BCUT2D eigenvalue weighted by Crippen LogP contribution is -2.46. The molecule has 1 aromatic heterocycles. The molecular formula is C19H20ClN3S. The van der Waals surface area contributed by atoms with E-state index in [0.29, 0.717) is 0 Å². The Kier molecular flexibility index (Phi) is 4.10. The molecule has 0 unspecified atom stereocenters. The Bertz CT molecular complexity index is 881. The summed E-state index contributed by atoms with van der Waals surface area (Å²) in [6, 6.07) is 12.8. The maximum absolute atomic E-state index is 6.23. The van der Waals surface area contributed by atoms with Crippen molar-refractivity contribution < 1.29 is 0 Å². The van der Waals surface area contributed by atoms with Crippen LogP contribution in [0.2, 0.25) is 5.02 Å². The van der Waals surface area contributed by atoms with Crippen molar-refractivity contribution >= 4 is 44.0 Å². The second kappa shape index (κ2) is 6.26. The first kappa shape index (κ1) is 15.7. The number of rotatable bonds is 2. The summed E-state index contributed by atoms with van der Waals surface area (Å²) in [5.74, 6) is 0.